The van der Waals surface area contributed by atoms with Gasteiger partial charge in [-0.3, -0.25) is 9.69 Å². The van der Waals surface area contributed by atoms with Crippen molar-refractivity contribution in [1.29, 1.82) is 5.26 Å². The quantitative estimate of drug-likeness (QED) is 0.367. The van der Waals surface area contributed by atoms with Crippen LogP contribution in [0.3, 0.4) is 0 Å². The van der Waals surface area contributed by atoms with Crippen LogP contribution in [0.2, 0.25) is 5.02 Å². The smallest absolute Gasteiger partial charge is 0.161 e. The van der Waals surface area contributed by atoms with E-state index in [4.69, 9.17) is 22.1 Å². The minimum atomic E-state index is -0.585. The van der Waals surface area contributed by atoms with Crippen molar-refractivity contribution in [3.8, 4) is 11.8 Å². The molecule has 3 aromatic carbocycles. The molecule has 0 fully saturated rings. The average molecular weight is 542 g/mol. The number of carbonyl (C=O) groups is 1. The van der Waals surface area contributed by atoms with Gasteiger partial charge >= 0.3 is 0 Å². The van der Waals surface area contributed by atoms with E-state index >= 15 is 0 Å². The Morgan fingerprint density at radius 2 is 1.85 bits per heavy atom. The van der Waals surface area contributed by atoms with Crippen LogP contribution in [0.4, 0.5) is 10.1 Å². The highest BCUT2D eigenvalue weighted by molar-refractivity contribution is 6.31. The van der Waals surface area contributed by atoms with Gasteiger partial charge in [-0.1, -0.05) is 35.4 Å². The summed E-state index contributed by atoms with van der Waals surface area (Å²) < 4.78 is 19.3. The Kier molecular flexibility index (Phi) is 7.20. The Hall–Kier alpha value is -4.08. The largest absolute Gasteiger partial charge is 0.489 e. The number of ether oxygens (including phenoxy) is 1. The van der Waals surface area contributed by atoms with E-state index in [-0.39, 0.29) is 18.2 Å². The summed E-state index contributed by atoms with van der Waals surface area (Å²) in [7, 11) is 0. The van der Waals surface area contributed by atoms with Crippen molar-refractivity contribution in [2.75, 3.05) is 4.90 Å². The van der Waals surface area contributed by atoms with Gasteiger partial charge < -0.3 is 10.5 Å². The van der Waals surface area contributed by atoms with Gasteiger partial charge in [0.1, 0.15) is 24.0 Å². The lowest BCUT2D eigenvalue weighted by atomic mass is 9.73. The second-order valence-electron chi connectivity index (χ2n) is 10.1. The first-order valence-electron chi connectivity index (χ1n) is 12.9. The fourth-order valence-electron chi connectivity index (χ4n) is 5.62. The fourth-order valence-corrected chi connectivity index (χ4v) is 5.79. The summed E-state index contributed by atoms with van der Waals surface area (Å²) in [5, 5.41) is 11.0. The zero-order valence-electron chi connectivity index (χ0n) is 22.1. The van der Waals surface area contributed by atoms with E-state index in [0.717, 1.165) is 39.2 Å². The summed E-state index contributed by atoms with van der Waals surface area (Å²) in [6.45, 7) is 6.12. The molecule has 7 heteroatoms. The molecule has 39 heavy (non-hydrogen) atoms. The topological polar surface area (TPSA) is 79.3 Å². The van der Waals surface area contributed by atoms with Gasteiger partial charge in [-0.25, -0.2) is 4.39 Å². The molecule has 1 heterocycles. The molecule has 0 saturated carbocycles. The van der Waals surface area contributed by atoms with Gasteiger partial charge in [-0.2, -0.15) is 5.26 Å². The molecule has 5 rings (SSSR count). The number of aryl methyl sites for hydroxylation is 1. The zero-order chi connectivity index (χ0) is 27.8. The Morgan fingerprint density at radius 3 is 2.56 bits per heavy atom. The van der Waals surface area contributed by atoms with E-state index < -0.39 is 5.92 Å². The number of ketones is 1. The third kappa shape index (κ3) is 4.79. The highest BCUT2D eigenvalue weighted by Crippen LogP contribution is 2.48. The Morgan fingerprint density at radius 1 is 1.10 bits per heavy atom. The van der Waals surface area contributed by atoms with Gasteiger partial charge in [-0.05, 0) is 92.3 Å². The molecule has 5 nitrogen and oxygen atoms in total. The lowest BCUT2D eigenvalue weighted by molar-refractivity contribution is -0.116. The number of nitrogens with two attached hydrogens (primary N) is 1. The Labute approximate surface area is 233 Å². The number of benzene rings is 3. The minimum absolute atomic E-state index is 0.0243. The van der Waals surface area contributed by atoms with Crippen molar-refractivity contribution in [2.45, 2.75) is 52.6 Å². The van der Waals surface area contributed by atoms with Crippen molar-refractivity contribution >= 4 is 23.1 Å². The normalized spacial score (nSPS) is 17.3. The van der Waals surface area contributed by atoms with Gasteiger partial charge in [0.2, 0.25) is 0 Å². The molecule has 0 saturated heterocycles. The maximum Gasteiger partial charge on any atom is 0.161 e. The zero-order valence-corrected chi connectivity index (χ0v) is 22.9. The molecule has 1 aliphatic carbocycles. The molecule has 0 amide bonds. The molecule has 0 radical (unpaired) electrons. The van der Waals surface area contributed by atoms with Crippen LogP contribution in [0.1, 0.15) is 53.0 Å². The van der Waals surface area contributed by atoms with Crippen LogP contribution in [0, 0.1) is 37.9 Å². The number of nitrogens with zero attached hydrogens (tertiary/aromatic N) is 2. The fraction of sp³-hybridized carbons (Fsp3) is 0.250. The summed E-state index contributed by atoms with van der Waals surface area (Å²) in [6, 6.07) is 17.9. The molecule has 198 valence electrons. The third-order valence-electron chi connectivity index (χ3n) is 7.61. The number of rotatable bonds is 5. The number of nitriles is 1. The van der Waals surface area contributed by atoms with Crippen molar-refractivity contribution < 1.29 is 13.9 Å². The SMILES string of the molecule is Cc1cc(COc2ccc(F)cc2)c(C)c(C2C(C#N)=C(N)N(c3cccc(Cl)c3C)C3=C2C(=O)CCC3)c1. The van der Waals surface area contributed by atoms with Gasteiger partial charge in [0.25, 0.3) is 0 Å². The Bertz CT molecular complexity index is 1580. The maximum absolute atomic E-state index is 13.6. The molecular weight excluding hydrogens is 513 g/mol. The number of hydrogen-bond donors (Lipinski definition) is 1. The molecule has 2 aliphatic rings. The summed E-state index contributed by atoms with van der Waals surface area (Å²) in [6.07, 6.45) is 1.79. The van der Waals surface area contributed by atoms with E-state index in [1.54, 1.807) is 12.1 Å². The predicted octanol–water partition coefficient (Wildman–Crippen LogP) is 7.29. The molecule has 2 N–H and O–H groups in total. The average Bonchev–Trinajstić information content (AvgIpc) is 2.91. The van der Waals surface area contributed by atoms with Crippen LogP contribution < -0.4 is 15.4 Å². The summed E-state index contributed by atoms with van der Waals surface area (Å²) >= 11 is 6.45. The van der Waals surface area contributed by atoms with Gasteiger partial charge in [0.15, 0.2) is 5.78 Å². The highest BCUT2D eigenvalue weighted by atomic mass is 35.5. The number of Topliss-reactive ketones (excluding diaryl/α,β-unsaturated/α-hetero) is 1. The van der Waals surface area contributed by atoms with E-state index in [1.165, 1.54) is 12.1 Å². The van der Waals surface area contributed by atoms with Crippen molar-refractivity contribution in [3.63, 3.8) is 0 Å². The van der Waals surface area contributed by atoms with Gasteiger partial charge in [0, 0.05) is 22.7 Å². The van der Waals surface area contributed by atoms with Crippen molar-refractivity contribution in [1.82, 2.24) is 0 Å². The van der Waals surface area contributed by atoms with Crippen LogP contribution in [0.5, 0.6) is 5.75 Å². The molecule has 1 atom stereocenters. The molecule has 1 aliphatic heterocycles. The number of anilines is 1. The summed E-state index contributed by atoms with van der Waals surface area (Å²) in [5.74, 6) is -0.0239. The second-order valence-corrected chi connectivity index (χ2v) is 10.5. The number of halogens is 2. The molecule has 3 aromatic rings. The monoisotopic (exact) mass is 541 g/mol. The predicted molar refractivity (Wildman–Crippen MR) is 151 cm³/mol. The van der Waals surface area contributed by atoms with E-state index in [2.05, 4.69) is 6.07 Å². The van der Waals surface area contributed by atoms with Crippen LogP contribution in [0.25, 0.3) is 0 Å². The molecule has 0 aromatic heterocycles. The lowest BCUT2D eigenvalue weighted by Gasteiger charge is -2.40. The molecule has 0 bridgehead atoms. The van der Waals surface area contributed by atoms with E-state index in [9.17, 15) is 14.4 Å². The Balaban J connectivity index is 1.65. The molecule has 0 spiro atoms. The number of hydrogen-bond acceptors (Lipinski definition) is 5. The van der Waals surface area contributed by atoms with E-state index in [0.29, 0.717) is 47.0 Å². The van der Waals surface area contributed by atoms with Crippen LogP contribution in [0.15, 0.2) is 77.3 Å². The lowest BCUT2D eigenvalue weighted by Crippen LogP contribution is -2.39. The van der Waals surface area contributed by atoms with Crippen LogP contribution in [-0.2, 0) is 11.4 Å². The first kappa shape index (κ1) is 26.5. The third-order valence-corrected chi connectivity index (χ3v) is 8.02. The van der Waals surface area contributed by atoms with Crippen LogP contribution >= 0.6 is 11.6 Å². The molecular formula is C32H29ClFN3O2. The van der Waals surface area contributed by atoms with Gasteiger partial charge in [-0.15, -0.1) is 0 Å². The summed E-state index contributed by atoms with van der Waals surface area (Å²) in [5.41, 5.74) is 13.8. The maximum atomic E-state index is 13.6. The standard InChI is InChI=1S/C32H29ClFN3O2/c1-18-14-21(17-39-23-12-10-22(34)11-13-23)19(2)24(15-18)30-25(16-35)32(36)37(27-7-4-6-26(33)20(27)3)28-8-5-9-29(38)31(28)30/h4,6-7,10-15,30H,5,8-9,17,36H2,1-3H3. The first-order chi connectivity index (χ1) is 18.7. The van der Waals surface area contributed by atoms with Gasteiger partial charge in [0.05, 0.1) is 23.2 Å². The number of allylic oxidation sites excluding steroid dienone is 3. The van der Waals surface area contributed by atoms with E-state index in [1.807, 2.05) is 56.0 Å². The van der Waals surface area contributed by atoms with Crippen LogP contribution in [-0.4, -0.2) is 5.78 Å². The first-order valence-corrected chi connectivity index (χ1v) is 13.3. The van der Waals surface area contributed by atoms with Crippen molar-refractivity contribution in [3.05, 3.63) is 116 Å². The minimum Gasteiger partial charge on any atom is -0.489 e. The summed E-state index contributed by atoms with van der Waals surface area (Å²) in [4.78, 5) is 15.4. The second kappa shape index (κ2) is 10.6. The highest BCUT2D eigenvalue weighted by Gasteiger charge is 2.41. The number of carbonyl (C=O) groups excluding carboxylic acids is 1. The molecule has 1 unspecified atom stereocenters. The van der Waals surface area contributed by atoms with Crippen molar-refractivity contribution in [2.24, 2.45) is 5.73 Å².